The summed E-state index contributed by atoms with van der Waals surface area (Å²) in [7, 11) is 0. The van der Waals surface area contributed by atoms with Gasteiger partial charge in [-0.2, -0.15) is 0 Å². The van der Waals surface area contributed by atoms with E-state index in [0.29, 0.717) is 5.02 Å². The molecule has 0 saturated heterocycles. The van der Waals surface area contributed by atoms with E-state index in [-0.39, 0.29) is 30.4 Å². The molecule has 0 amide bonds. The molecule has 22 heavy (non-hydrogen) atoms. The van der Waals surface area contributed by atoms with Crippen LogP contribution in [-0.4, -0.2) is 18.3 Å². The lowest BCUT2D eigenvalue weighted by Crippen LogP contribution is -2.28. The Morgan fingerprint density at radius 2 is 1.82 bits per heavy atom. The van der Waals surface area contributed by atoms with Gasteiger partial charge in [0.2, 0.25) is 0 Å². The minimum atomic E-state index is -0.588. The van der Waals surface area contributed by atoms with Crippen LogP contribution in [0.4, 0.5) is 8.78 Å². The minimum Gasteiger partial charge on any atom is -0.490 e. The number of hydrogen-bond acceptors (Lipinski definition) is 3. The SMILES string of the molecule is OCC1COc2c(F)ccc(F)c2C1Sc1ccc(Cl)cc1. The van der Waals surface area contributed by atoms with Crippen LogP contribution in [0, 0.1) is 17.6 Å². The van der Waals surface area contributed by atoms with Crippen molar-refractivity contribution in [1.29, 1.82) is 0 Å². The van der Waals surface area contributed by atoms with E-state index in [4.69, 9.17) is 16.3 Å². The molecule has 1 N–H and O–H groups in total. The highest BCUT2D eigenvalue weighted by Crippen LogP contribution is 2.48. The molecule has 1 aliphatic heterocycles. The Hall–Kier alpha value is -1.30. The van der Waals surface area contributed by atoms with Gasteiger partial charge in [0.15, 0.2) is 11.6 Å². The second kappa shape index (κ2) is 6.44. The molecule has 0 aromatic heterocycles. The Bertz CT molecular complexity index is 679. The smallest absolute Gasteiger partial charge is 0.165 e. The monoisotopic (exact) mass is 342 g/mol. The van der Waals surface area contributed by atoms with Crippen molar-refractivity contribution in [2.24, 2.45) is 5.92 Å². The average Bonchev–Trinajstić information content (AvgIpc) is 2.53. The molecule has 2 aromatic carbocycles. The van der Waals surface area contributed by atoms with Gasteiger partial charge in [-0.05, 0) is 36.4 Å². The lowest BCUT2D eigenvalue weighted by molar-refractivity contribution is 0.138. The zero-order valence-electron chi connectivity index (χ0n) is 11.4. The van der Waals surface area contributed by atoms with E-state index >= 15 is 0 Å². The maximum atomic E-state index is 14.2. The normalized spacial score (nSPS) is 20.4. The lowest BCUT2D eigenvalue weighted by atomic mass is 9.96. The van der Waals surface area contributed by atoms with Crippen molar-refractivity contribution in [3.63, 3.8) is 0 Å². The molecule has 0 spiro atoms. The van der Waals surface area contributed by atoms with Crippen LogP contribution in [0.3, 0.4) is 0 Å². The number of ether oxygens (including phenoxy) is 1. The molecule has 2 aromatic rings. The summed E-state index contributed by atoms with van der Waals surface area (Å²) < 4.78 is 33.4. The van der Waals surface area contributed by atoms with Gasteiger partial charge in [0, 0.05) is 26.6 Å². The van der Waals surface area contributed by atoms with E-state index in [2.05, 4.69) is 0 Å². The number of aliphatic hydroxyl groups is 1. The first-order valence-electron chi connectivity index (χ1n) is 6.74. The Labute approximate surface area is 136 Å². The molecule has 0 saturated carbocycles. The van der Waals surface area contributed by atoms with Crippen molar-refractivity contribution in [3.8, 4) is 5.75 Å². The quantitative estimate of drug-likeness (QED) is 0.893. The minimum absolute atomic E-state index is 0.0591. The number of fused-ring (bicyclic) bond motifs is 1. The zero-order valence-corrected chi connectivity index (χ0v) is 13.0. The Balaban J connectivity index is 2.01. The summed E-state index contributed by atoms with van der Waals surface area (Å²) in [5.41, 5.74) is 0.172. The maximum Gasteiger partial charge on any atom is 0.165 e. The second-order valence-corrected chi connectivity index (χ2v) is 6.67. The van der Waals surface area contributed by atoms with Crippen LogP contribution in [-0.2, 0) is 0 Å². The van der Waals surface area contributed by atoms with Gasteiger partial charge in [0.05, 0.1) is 13.2 Å². The van der Waals surface area contributed by atoms with Gasteiger partial charge in [-0.25, -0.2) is 8.78 Å². The summed E-state index contributed by atoms with van der Waals surface area (Å²) >= 11 is 7.22. The van der Waals surface area contributed by atoms with Crippen LogP contribution in [0.1, 0.15) is 10.8 Å². The van der Waals surface area contributed by atoms with Crippen LogP contribution in [0.2, 0.25) is 5.02 Å². The van der Waals surface area contributed by atoms with Gasteiger partial charge in [0.25, 0.3) is 0 Å². The van der Waals surface area contributed by atoms with Crippen molar-refractivity contribution in [2.45, 2.75) is 10.1 Å². The summed E-state index contributed by atoms with van der Waals surface area (Å²) in [5.74, 6) is -1.49. The number of thioether (sulfide) groups is 1. The van der Waals surface area contributed by atoms with Crippen LogP contribution in [0.15, 0.2) is 41.3 Å². The molecule has 1 heterocycles. The third-order valence-electron chi connectivity index (χ3n) is 3.56. The summed E-state index contributed by atoms with van der Waals surface area (Å²) in [4.78, 5) is 0.865. The van der Waals surface area contributed by atoms with E-state index in [1.807, 2.05) is 12.1 Å². The lowest BCUT2D eigenvalue weighted by Gasteiger charge is -2.32. The molecule has 2 nitrogen and oxygen atoms in total. The number of aliphatic hydroxyl groups excluding tert-OH is 1. The molecule has 2 unspecified atom stereocenters. The van der Waals surface area contributed by atoms with Crippen molar-refractivity contribution in [2.75, 3.05) is 13.2 Å². The predicted molar refractivity (Wildman–Crippen MR) is 82.5 cm³/mol. The second-order valence-electron chi connectivity index (χ2n) is 5.02. The van der Waals surface area contributed by atoms with Crippen LogP contribution < -0.4 is 4.74 Å². The van der Waals surface area contributed by atoms with Gasteiger partial charge >= 0.3 is 0 Å². The largest absolute Gasteiger partial charge is 0.490 e. The van der Waals surface area contributed by atoms with E-state index in [1.165, 1.54) is 11.8 Å². The van der Waals surface area contributed by atoms with E-state index in [1.54, 1.807) is 12.1 Å². The summed E-state index contributed by atoms with van der Waals surface area (Å²) in [6.07, 6.45) is 0. The number of hydrogen-bond donors (Lipinski definition) is 1. The van der Waals surface area contributed by atoms with E-state index in [9.17, 15) is 13.9 Å². The van der Waals surface area contributed by atoms with E-state index < -0.39 is 16.9 Å². The van der Waals surface area contributed by atoms with Gasteiger partial charge in [-0.1, -0.05) is 11.6 Å². The van der Waals surface area contributed by atoms with Gasteiger partial charge in [-0.15, -0.1) is 11.8 Å². The number of rotatable bonds is 3. The molecular weight excluding hydrogens is 330 g/mol. The highest BCUT2D eigenvalue weighted by molar-refractivity contribution is 7.99. The van der Waals surface area contributed by atoms with Crippen molar-refractivity contribution in [3.05, 3.63) is 58.6 Å². The van der Waals surface area contributed by atoms with Crippen LogP contribution >= 0.6 is 23.4 Å². The molecule has 0 radical (unpaired) electrons. The fourth-order valence-electron chi connectivity index (χ4n) is 2.44. The predicted octanol–water partition coefficient (Wildman–Crippen LogP) is 4.45. The number of halogens is 3. The Morgan fingerprint density at radius 1 is 1.14 bits per heavy atom. The molecule has 0 bridgehead atoms. The molecular formula is C16H13ClF2O2S. The highest BCUT2D eigenvalue weighted by atomic mass is 35.5. The van der Waals surface area contributed by atoms with Crippen LogP contribution in [0.25, 0.3) is 0 Å². The first kappa shape index (κ1) is 15.6. The summed E-state index contributed by atoms with van der Waals surface area (Å²) in [6.45, 7) is -0.0181. The van der Waals surface area contributed by atoms with Crippen LogP contribution in [0.5, 0.6) is 5.75 Å². The van der Waals surface area contributed by atoms with Gasteiger partial charge in [-0.3, -0.25) is 0 Å². The third-order valence-corrected chi connectivity index (χ3v) is 5.23. The standard InChI is InChI=1S/C16H13ClF2O2S/c17-10-1-3-11(4-2-10)22-16-9(7-20)8-21-15-13(19)6-5-12(18)14(15)16/h1-6,9,16,20H,7-8H2. The fourth-order valence-corrected chi connectivity index (χ4v) is 3.84. The zero-order chi connectivity index (χ0) is 15.7. The molecule has 6 heteroatoms. The molecule has 0 fully saturated rings. The first-order valence-corrected chi connectivity index (χ1v) is 7.99. The van der Waals surface area contributed by atoms with Crippen molar-refractivity contribution >= 4 is 23.4 Å². The van der Waals surface area contributed by atoms with Crippen molar-refractivity contribution in [1.82, 2.24) is 0 Å². The Morgan fingerprint density at radius 3 is 2.50 bits per heavy atom. The number of benzene rings is 2. The third kappa shape index (κ3) is 2.93. The Kier molecular flexibility index (Phi) is 4.57. The molecule has 116 valence electrons. The fraction of sp³-hybridized carbons (Fsp3) is 0.250. The maximum absolute atomic E-state index is 14.2. The first-order chi connectivity index (χ1) is 10.6. The average molecular weight is 343 g/mol. The summed E-state index contributed by atoms with van der Waals surface area (Å²) in [6, 6.07) is 9.24. The topological polar surface area (TPSA) is 29.5 Å². The summed E-state index contributed by atoms with van der Waals surface area (Å²) in [5, 5.41) is 9.72. The molecule has 1 aliphatic rings. The highest BCUT2D eigenvalue weighted by Gasteiger charge is 2.35. The van der Waals surface area contributed by atoms with Crippen molar-refractivity contribution < 1.29 is 18.6 Å². The molecule has 0 aliphatic carbocycles. The van der Waals surface area contributed by atoms with Gasteiger partial charge < -0.3 is 9.84 Å². The van der Waals surface area contributed by atoms with Gasteiger partial charge in [0.1, 0.15) is 5.82 Å². The molecule has 2 atom stereocenters. The molecule has 3 rings (SSSR count). The van der Waals surface area contributed by atoms with E-state index in [0.717, 1.165) is 17.0 Å².